The zero-order valence-corrected chi connectivity index (χ0v) is 9.44. The van der Waals surface area contributed by atoms with Gasteiger partial charge in [0.2, 0.25) is 0 Å². The van der Waals surface area contributed by atoms with E-state index >= 15 is 0 Å². The van der Waals surface area contributed by atoms with Crippen molar-refractivity contribution in [1.82, 2.24) is 4.90 Å². The van der Waals surface area contributed by atoms with Crippen molar-refractivity contribution < 1.29 is 4.74 Å². The number of halogens is 2. The Kier molecular flexibility index (Phi) is 5.56. The van der Waals surface area contributed by atoms with E-state index in [0.29, 0.717) is 18.2 Å². The van der Waals surface area contributed by atoms with Crippen molar-refractivity contribution in [3.63, 3.8) is 0 Å². The smallest absolute Gasteiger partial charge is 0.0674 e. The van der Waals surface area contributed by atoms with Crippen molar-refractivity contribution in [3.8, 4) is 0 Å². The summed E-state index contributed by atoms with van der Waals surface area (Å²) in [6, 6.07) is 0.995. The molecule has 2 saturated heterocycles. The van der Waals surface area contributed by atoms with Gasteiger partial charge in [0.25, 0.3) is 0 Å². The van der Waals surface area contributed by atoms with Crippen LogP contribution in [0.15, 0.2) is 0 Å². The van der Waals surface area contributed by atoms with Crippen LogP contribution in [0.25, 0.3) is 0 Å². The van der Waals surface area contributed by atoms with Crippen LogP contribution in [0.3, 0.4) is 0 Å². The quantitative estimate of drug-likeness (QED) is 0.662. The van der Waals surface area contributed by atoms with E-state index in [1.807, 2.05) is 0 Å². The molecule has 2 fully saturated rings. The van der Waals surface area contributed by atoms with Crippen molar-refractivity contribution in [2.75, 3.05) is 19.7 Å². The van der Waals surface area contributed by atoms with E-state index < -0.39 is 0 Å². The summed E-state index contributed by atoms with van der Waals surface area (Å²) in [5.74, 6) is 0. The van der Waals surface area contributed by atoms with Gasteiger partial charge in [-0.3, -0.25) is 4.90 Å². The number of nitrogens with two attached hydrogens (primary N) is 1. The summed E-state index contributed by atoms with van der Waals surface area (Å²) in [6.07, 6.45) is 1.52. The van der Waals surface area contributed by atoms with Crippen LogP contribution < -0.4 is 5.73 Å². The van der Waals surface area contributed by atoms with E-state index in [-0.39, 0.29) is 24.8 Å². The van der Waals surface area contributed by atoms with Crippen LogP contribution in [-0.4, -0.2) is 42.8 Å². The highest BCUT2D eigenvalue weighted by Crippen LogP contribution is 2.21. The zero-order chi connectivity index (χ0) is 7.84. The van der Waals surface area contributed by atoms with Crippen molar-refractivity contribution in [3.05, 3.63) is 0 Å². The molecule has 0 saturated carbocycles. The van der Waals surface area contributed by atoms with Gasteiger partial charge in [-0.2, -0.15) is 0 Å². The van der Waals surface area contributed by atoms with E-state index in [0.717, 1.165) is 26.1 Å². The Morgan fingerprint density at radius 2 is 2.00 bits per heavy atom. The molecule has 3 atom stereocenters. The Balaban J connectivity index is 0.000000720. The van der Waals surface area contributed by atoms with Crippen molar-refractivity contribution in [2.45, 2.75) is 31.5 Å². The van der Waals surface area contributed by atoms with Crippen molar-refractivity contribution in [2.24, 2.45) is 5.73 Å². The lowest BCUT2D eigenvalue weighted by Gasteiger charge is -2.33. The molecule has 2 rings (SSSR count). The number of rotatable bonds is 0. The van der Waals surface area contributed by atoms with Gasteiger partial charge in [-0.1, -0.05) is 0 Å². The van der Waals surface area contributed by atoms with Crippen LogP contribution in [0.5, 0.6) is 0 Å². The summed E-state index contributed by atoms with van der Waals surface area (Å²) in [7, 11) is 0. The van der Waals surface area contributed by atoms with Gasteiger partial charge >= 0.3 is 0 Å². The lowest BCUT2D eigenvalue weighted by molar-refractivity contribution is -0.0390. The Bertz CT molecular complexity index is 159. The molecule has 2 heterocycles. The van der Waals surface area contributed by atoms with E-state index in [1.54, 1.807) is 0 Å². The second-order valence-corrected chi connectivity index (χ2v) is 3.75. The number of hydrogen-bond acceptors (Lipinski definition) is 3. The molecule has 2 N–H and O–H groups in total. The number of morpholine rings is 1. The summed E-state index contributed by atoms with van der Waals surface area (Å²) in [5, 5.41) is 0. The lowest BCUT2D eigenvalue weighted by atomic mass is 10.2. The molecule has 3 nitrogen and oxygen atoms in total. The van der Waals surface area contributed by atoms with Crippen molar-refractivity contribution >= 4 is 24.8 Å². The highest BCUT2D eigenvalue weighted by atomic mass is 35.5. The zero-order valence-electron chi connectivity index (χ0n) is 7.81. The fourth-order valence-corrected chi connectivity index (χ4v) is 2.08. The summed E-state index contributed by atoms with van der Waals surface area (Å²) in [4.78, 5) is 2.46. The standard InChI is InChI=1S/C8H16N2O.2ClH/c1-6-3-10-4-7(9)2-8(10)5-11-6;;/h6-8H,2-5,9H2,1H3;2*1H/t6-,7+,8+;;/m1../s1. The molecule has 0 amide bonds. The first kappa shape index (κ1) is 13.5. The Hall–Kier alpha value is 0.460. The predicted octanol–water partition coefficient (Wildman–Crippen LogP) is 0.650. The second kappa shape index (κ2) is 5.37. The van der Waals surface area contributed by atoms with Crippen LogP contribution in [0.2, 0.25) is 0 Å². The van der Waals surface area contributed by atoms with Gasteiger partial charge in [0.15, 0.2) is 0 Å². The molecule has 2 aliphatic heterocycles. The van der Waals surface area contributed by atoms with Gasteiger partial charge in [0, 0.05) is 25.2 Å². The maximum Gasteiger partial charge on any atom is 0.0674 e. The van der Waals surface area contributed by atoms with E-state index in [4.69, 9.17) is 10.5 Å². The Labute approximate surface area is 91.8 Å². The maximum absolute atomic E-state index is 5.84. The monoisotopic (exact) mass is 228 g/mol. The fourth-order valence-electron chi connectivity index (χ4n) is 2.08. The van der Waals surface area contributed by atoms with E-state index in [1.165, 1.54) is 0 Å². The Morgan fingerprint density at radius 3 is 2.69 bits per heavy atom. The molecule has 80 valence electrons. The first-order valence-electron chi connectivity index (χ1n) is 4.37. The molecule has 0 bridgehead atoms. The van der Waals surface area contributed by atoms with E-state index in [9.17, 15) is 0 Å². The average molecular weight is 229 g/mol. The summed E-state index contributed by atoms with van der Waals surface area (Å²) in [5.41, 5.74) is 5.84. The molecule has 0 radical (unpaired) electrons. The number of hydrogen-bond donors (Lipinski definition) is 1. The highest BCUT2D eigenvalue weighted by molar-refractivity contribution is 5.85. The summed E-state index contributed by atoms with van der Waals surface area (Å²) < 4.78 is 5.54. The van der Waals surface area contributed by atoms with Crippen LogP contribution in [0.4, 0.5) is 0 Å². The minimum Gasteiger partial charge on any atom is -0.376 e. The minimum atomic E-state index is 0. The third-order valence-electron chi connectivity index (χ3n) is 2.62. The third kappa shape index (κ3) is 2.96. The first-order chi connectivity index (χ1) is 5.25. The van der Waals surface area contributed by atoms with Crippen molar-refractivity contribution in [1.29, 1.82) is 0 Å². The van der Waals surface area contributed by atoms with Crippen LogP contribution in [0, 0.1) is 0 Å². The van der Waals surface area contributed by atoms with E-state index in [2.05, 4.69) is 11.8 Å². The lowest BCUT2D eigenvalue weighted by Crippen LogP contribution is -2.45. The molecule has 13 heavy (non-hydrogen) atoms. The largest absolute Gasteiger partial charge is 0.376 e. The third-order valence-corrected chi connectivity index (χ3v) is 2.62. The van der Waals surface area contributed by atoms with Crippen LogP contribution in [0.1, 0.15) is 13.3 Å². The van der Waals surface area contributed by atoms with Gasteiger partial charge < -0.3 is 10.5 Å². The van der Waals surface area contributed by atoms with Crippen LogP contribution in [-0.2, 0) is 4.74 Å². The van der Waals surface area contributed by atoms with Gasteiger partial charge in [-0.25, -0.2) is 0 Å². The molecule has 0 aromatic carbocycles. The summed E-state index contributed by atoms with van der Waals surface area (Å²) >= 11 is 0. The van der Waals surface area contributed by atoms with Gasteiger partial charge in [-0.15, -0.1) is 24.8 Å². The first-order valence-corrected chi connectivity index (χ1v) is 4.37. The SMILES string of the molecule is C[C@@H]1CN2C[C@@H](N)C[C@H]2CO1.Cl.Cl. The molecule has 0 unspecified atom stereocenters. The van der Waals surface area contributed by atoms with Gasteiger partial charge in [0.05, 0.1) is 12.7 Å². The fraction of sp³-hybridized carbons (Fsp3) is 1.00. The number of fused-ring (bicyclic) bond motifs is 1. The highest BCUT2D eigenvalue weighted by Gasteiger charge is 2.34. The molecule has 0 spiro atoms. The minimum absolute atomic E-state index is 0. The molecule has 5 heteroatoms. The Morgan fingerprint density at radius 1 is 1.31 bits per heavy atom. The van der Waals surface area contributed by atoms with Crippen LogP contribution >= 0.6 is 24.8 Å². The molecular formula is C8H18Cl2N2O. The topological polar surface area (TPSA) is 38.5 Å². The molecule has 2 aliphatic rings. The summed E-state index contributed by atoms with van der Waals surface area (Å²) in [6.45, 7) is 5.14. The number of ether oxygens (including phenoxy) is 1. The molecular weight excluding hydrogens is 211 g/mol. The average Bonchev–Trinajstić information content (AvgIpc) is 2.27. The number of nitrogens with zero attached hydrogens (tertiary/aromatic N) is 1. The molecule has 0 aromatic heterocycles. The second-order valence-electron chi connectivity index (χ2n) is 3.75. The normalized spacial score (nSPS) is 38.8. The molecule has 0 aromatic rings. The predicted molar refractivity (Wildman–Crippen MR) is 57.9 cm³/mol. The molecule has 0 aliphatic carbocycles. The van der Waals surface area contributed by atoms with Gasteiger partial charge in [0.1, 0.15) is 0 Å². The van der Waals surface area contributed by atoms with Gasteiger partial charge in [-0.05, 0) is 13.3 Å². The maximum atomic E-state index is 5.84.